The van der Waals surface area contributed by atoms with Gasteiger partial charge < -0.3 is 5.73 Å². The molecule has 0 spiro atoms. The Hall–Kier alpha value is -2.70. The molecule has 7 heteroatoms. The number of rotatable bonds is 2. The summed E-state index contributed by atoms with van der Waals surface area (Å²) in [6, 6.07) is 9.10. The Morgan fingerprint density at radius 3 is 2.55 bits per heavy atom. The van der Waals surface area contributed by atoms with Crippen molar-refractivity contribution in [3.05, 3.63) is 40.8 Å². The van der Waals surface area contributed by atoms with Crippen LogP contribution in [-0.2, 0) is 0 Å². The predicted octanol–water partition coefficient (Wildman–Crippen LogP) is 2.65. The normalized spacial score (nSPS) is 10.1. The summed E-state index contributed by atoms with van der Waals surface area (Å²) >= 11 is 5.91. The standard InChI is InChI=1S/C13H7ClFN5/c14-10-11(8(5-16)6-17)19-13(20-12(10)18)7-2-1-3-9(15)4-7/h1-4,8H,(H2,18,19,20). The number of halogens is 2. The number of nitrogens with two attached hydrogens (primary N) is 1. The first-order valence-corrected chi connectivity index (χ1v) is 5.82. The third kappa shape index (κ3) is 2.51. The molecule has 0 amide bonds. The van der Waals surface area contributed by atoms with E-state index in [1.165, 1.54) is 18.2 Å². The molecule has 0 radical (unpaired) electrons. The Morgan fingerprint density at radius 1 is 1.25 bits per heavy atom. The van der Waals surface area contributed by atoms with Gasteiger partial charge in [-0.05, 0) is 12.1 Å². The minimum Gasteiger partial charge on any atom is -0.382 e. The molecule has 20 heavy (non-hydrogen) atoms. The van der Waals surface area contributed by atoms with Crippen LogP contribution in [0.2, 0.25) is 5.02 Å². The van der Waals surface area contributed by atoms with Crippen LogP contribution in [0.1, 0.15) is 11.6 Å². The molecular weight excluding hydrogens is 281 g/mol. The number of nitrogen functional groups attached to an aromatic ring is 1. The second-order valence-corrected chi connectivity index (χ2v) is 4.21. The van der Waals surface area contributed by atoms with Crippen LogP contribution in [0.15, 0.2) is 24.3 Å². The van der Waals surface area contributed by atoms with E-state index in [2.05, 4.69) is 9.97 Å². The fourth-order valence-corrected chi connectivity index (χ4v) is 1.78. The molecule has 2 rings (SSSR count). The highest BCUT2D eigenvalue weighted by atomic mass is 35.5. The van der Waals surface area contributed by atoms with E-state index in [0.29, 0.717) is 5.56 Å². The zero-order valence-corrected chi connectivity index (χ0v) is 10.8. The Labute approximate surface area is 119 Å². The van der Waals surface area contributed by atoms with Crippen molar-refractivity contribution in [1.82, 2.24) is 9.97 Å². The van der Waals surface area contributed by atoms with Gasteiger partial charge in [0, 0.05) is 5.56 Å². The SMILES string of the molecule is N#CC(C#N)c1nc(-c2cccc(F)c2)nc(N)c1Cl. The fourth-order valence-electron chi connectivity index (χ4n) is 1.58. The van der Waals surface area contributed by atoms with Gasteiger partial charge in [0.15, 0.2) is 11.7 Å². The minimum absolute atomic E-state index is 0.0171. The lowest BCUT2D eigenvalue weighted by atomic mass is 10.1. The lowest BCUT2D eigenvalue weighted by molar-refractivity contribution is 0.628. The van der Waals surface area contributed by atoms with E-state index in [1.807, 2.05) is 0 Å². The molecular formula is C13H7ClFN5. The smallest absolute Gasteiger partial charge is 0.176 e. The number of benzene rings is 1. The summed E-state index contributed by atoms with van der Waals surface area (Å²) in [5.74, 6) is -1.58. The second kappa shape index (κ2) is 5.52. The molecule has 2 aromatic rings. The highest BCUT2D eigenvalue weighted by molar-refractivity contribution is 6.33. The third-order valence-corrected chi connectivity index (χ3v) is 2.90. The quantitative estimate of drug-likeness (QED) is 0.915. The molecule has 98 valence electrons. The fraction of sp³-hybridized carbons (Fsp3) is 0.0769. The topological polar surface area (TPSA) is 99.4 Å². The first-order chi connectivity index (χ1) is 9.56. The van der Waals surface area contributed by atoms with E-state index < -0.39 is 11.7 Å². The number of anilines is 1. The average molecular weight is 288 g/mol. The summed E-state index contributed by atoms with van der Waals surface area (Å²) in [6.07, 6.45) is 0. The van der Waals surface area contributed by atoms with Crippen LogP contribution < -0.4 is 5.73 Å². The third-order valence-electron chi connectivity index (χ3n) is 2.52. The van der Waals surface area contributed by atoms with Crippen molar-refractivity contribution in [2.75, 3.05) is 5.73 Å². The number of nitrogens with zero attached hydrogens (tertiary/aromatic N) is 4. The van der Waals surface area contributed by atoms with E-state index in [-0.39, 0.29) is 22.4 Å². The Kier molecular flexibility index (Phi) is 3.79. The van der Waals surface area contributed by atoms with Crippen LogP contribution >= 0.6 is 11.6 Å². The maximum Gasteiger partial charge on any atom is 0.176 e. The van der Waals surface area contributed by atoms with E-state index in [0.717, 1.165) is 0 Å². The average Bonchev–Trinajstić information content (AvgIpc) is 2.44. The molecule has 0 aliphatic heterocycles. The van der Waals surface area contributed by atoms with E-state index >= 15 is 0 Å². The van der Waals surface area contributed by atoms with Crippen LogP contribution in [0.3, 0.4) is 0 Å². The van der Waals surface area contributed by atoms with Crippen molar-refractivity contribution in [2.24, 2.45) is 0 Å². The van der Waals surface area contributed by atoms with Gasteiger partial charge in [-0.25, -0.2) is 14.4 Å². The number of hydrogen-bond donors (Lipinski definition) is 1. The molecule has 2 N–H and O–H groups in total. The van der Waals surface area contributed by atoms with Gasteiger partial charge >= 0.3 is 0 Å². The lowest BCUT2D eigenvalue weighted by Gasteiger charge is -2.08. The largest absolute Gasteiger partial charge is 0.382 e. The highest BCUT2D eigenvalue weighted by Gasteiger charge is 2.20. The van der Waals surface area contributed by atoms with Gasteiger partial charge in [0.1, 0.15) is 16.7 Å². The highest BCUT2D eigenvalue weighted by Crippen LogP contribution is 2.29. The molecule has 0 unspecified atom stereocenters. The zero-order chi connectivity index (χ0) is 14.7. The van der Waals surface area contributed by atoms with Crippen molar-refractivity contribution in [3.8, 4) is 23.5 Å². The van der Waals surface area contributed by atoms with Crippen molar-refractivity contribution < 1.29 is 4.39 Å². The van der Waals surface area contributed by atoms with Crippen molar-refractivity contribution in [3.63, 3.8) is 0 Å². The van der Waals surface area contributed by atoms with E-state index in [4.69, 9.17) is 27.9 Å². The summed E-state index contributed by atoms with van der Waals surface area (Å²) < 4.78 is 13.2. The molecule has 0 saturated carbocycles. The van der Waals surface area contributed by atoms with Crippen LogP contribution in [0.25, 0.3) is 11.4 Å². The van der Waals surface area contributed by atoms with E-state index in [1.54, 1.807) is 18.2 Å². The molecule has 1 heterocycles. The molecule has 1 aromatic heterocycles. The molecule has 0 fully saturated rings. The van der Waals surface area contributed by atoms with Crippen molar-refractivity contribution in [2.45, 2.75) is 5.92 Å². The van der Waals surface area contributed by atoms with E-state index in [9.17, 15) is 4.39 Å². The minimum atomic E-state index is -1.17. The molecule has 0 saturated heterocycles. The predicted molar refractivity (Wildman–Crippen MR) is 70.8 cm³/mol. The monoisotopic (exact) mass is 287 g/mol. The summed E-state index contributed by atoms with van der Waals surface area (Å²) in [4.78, 5) is 8.00. The van der Waals surface area contributed by atoms with Gasteiger partial charge in [0.2, 0.25) is 0 Å². The summed E-state index contributed by atoms with van der Waals surface area (Å²) in [6.45, 7) is 0. The molecule has 1 aromatic carbocycles. The van der Waals surface area contributed by atoms with Gasteiger partial charge in [-0.3, -0.25) is 0 Å². The second-order valence-electron chi connectivity index (χ2n) is 3.83. The maximum atomic E-state index is 13.2. The first-order valence-electron chi connectivity index (χ1n) is 5.45. The first kappa shape index (κ1) is 13.7. The number of nitriles is 2. The molecule has 0 aliphatic carbocycles. The van der Waals surface area contributed by atoms with Crippen molar-refractivity contribution >= 4 is 17.4 Å². The summed E-state index contributed by atoms with van der Waals surface area (Å²) in [5.41, 5.74) is 6.04. The zero-order valence-electron chi connectivity index (χ0n) is 10.0. The molecule has 0 aliphatic rings. The van der Waals surface area contributed by atoms with Crippen LogP contribution in [-0.4, -0.2) is 9.97 Å². The van der Waals surface area contributed by atoms with Crippen LogP contribution in [0.4, 0.5) is 10.2 Å². The number of hydrogen-bond acceptors (Lipinski definition) is 5. The van der Waals surface area contributed by atoms with Gasteiger partial charge in [0.25, 0.3) is 0 Å². The Bertz CT molecular complexity index is 733. The van der Waals surface area contributed by atoms with Gasteiger partial charge in [-0.15, -0.1) is 0 Å². The Morgan fingerprint density at radius 2 is 1.95 bits per heavy atom. The van der Waals surface area contributed by atoms with Gasteiger partial charge in [-0.1, -0.05) is 23.7 Å². The van der Waals surface area contributed by atoms with Gasteiger partial charge in [0.05, 0.1) is 17.8 Å². The molecule has 0 bridgehead atoms. The lowest BCUT2D eigenvalue weighted by Crippen LogP contribution is -2.05. The van der Waals surface area contributed by atoms with Gasteiger partial charge in [-0.2, -0.15) is 10.5 Å². The maximum absolute atomic E-state index is 13.2. The number of aromatic nitrogens is 2. The molecule has 0 atom stereocenters. The Balaban J connectivity index is 2.63. The molecule has 5 nitrogen and oxygen atoms in total. The van der Waals surface area contributed by atoms with Crippen molar-refractivity contribution in [1.29, 1.82) is 10.5 Å². The summed E-state index contributed by atoms with van der Waals surface area (Å²) in [7, 11) is 0. The van der Waals surface area contributed by atoms with Crippen LogP contribution in [0.5, 0.6) is 0 Å². The van der Waals surface area contributed by atoms with Crippen LogP contribution in [0, 0.1) is 28.5 Å². The summed E-state index contributed by atoms with van der Waals surface area (Å²) in [5, 5.41) is 17.8.